The quantitative estimate of drug-likeness (QED) is 0.766. The van der Waals surface area contributed by atoms with Crippen LogP contribution in [-0.2, 0) is 23.5 Å². The van der Waals surface area contributed by atoms with Crippen molar-refractivity contribution in [3.8, 4) is 0 Å². The second-order valence-electron chi connectivity index (χ2n) is 3.39. The molecule has 0 aliphatic heterocycles. The van der Waals surface area contributed by atoms with Crippen molar-refractivity contribution in [2.75, 3.05) is 5.75 Å². The third-order valence-electron chi connectivity index (χ3n) is 2.30. The van der Waals surface area contributed by atoms with Gasteiger partial charge in [-0.3, -0.25) is 4.68 Å². The van der Waals surface area contributed by atoms with Crippen LogP contribution < -0.4 is 5.14 Å². The molecule has 0 aliphatic carbocycles. The molecule has 0 amide bonds. The second-order valence-corrected chi connectivity index (χ2v) is 5.12. The minimum absolute atomic E-state index is 0.0274. The number of nitrogens with zero attached hydrogens (tertiary/aromatic N) is 2. The molecule has 0 aromatic carbocycles. The number of hydrogen-bond donors (Lipinski definition) is 1. The van der Waals surface area contributed by atoms with E-state index < -0.39 is 10.0 Å². The Morgan fingerprint density at radius 1 is 1.43 bits per heavy atom. The molecule has 0 atom stereocenters. The summed E-state index contributed by atoms with van der Waals surface area (Å²) in [5, 5.41) is 9.13. The van der Waals surface area contributed by atoms with Crippen LogP contribution >= 0.6 is 0 Å². The molecule has 0 unspecified atom stereocenters. The molecule has 0 radical (unpaired) electrons. The molecule has 1 aromatic heterocycles. The summed E-state index contributed by atoms with van der Waals surface area (Å²) < 4.78 is 23.3. The van der Waals surface area contributed by atoms with Gasteiger partial charge in [0.15, 0.2) is 0 Å². The number of primary sulfonamides is 1. The molecule has 0 fully saturated rings. The van der Waals surface area contributed by atoms with Crippen LogP contribution in [0.2, 0.25) is 0 Å². The van der Waals surface area contributed by atoms with Crippen molar-refractivity contribution >= 4 is 10.0 Å². The molecule has 1 heterocycles. The van der Waals surface area contributed by atoms with Crippen LogP contribution in [0.1, 0.15) is 17.0 Å². The van der Waals surface area contributed by atoms with Crippen molar-refractivity contribution in [3.05, 3.63) is 17.0 Å². The molecule has 80 valence electrons. The highest BCUT2D eigenvalue weighted by Gasteiger charge is 2.11. The summed E-state index contributed by atoms with van der Waals surface area (Å²) in [7, 11) is -1.55. The van der Waals surface area contributed by atoms with Crippen LogP contribution in [0.4, 0.5) is 0 Å². The molecular weight excluding hydrogens is 202 g/mol. The third kappa shape index (κ3) is 2.55. The van der Waals surface area contributed by atoms with Gasteiger partial charge in [-0.25, -0.2) is 13.6 Å². The van der Waals surface area contributed by atoms with Gasteiger partial charge in [-0.1, -0.05) is 0 Å². The largest absolute Gasteiger partial charge is 0.272 e. The predicted molar refractivity (Wildman–Crippen MR) is 54.4 cm³/mol. The van der Waals surface area contributed by atoms with Gasteiger partial charge in [-0.2, -0.15) is 5.10 Å². The van der Waals surface area contributed by atoms with E-state index in [-0.39, 0.29) is 5.75 Å². The Hall–Kier alpha value is -0.880. The number of hydrogen-bond acceptors (Lipinski definition) is 3. The lowest BCUT2D eigenvalue weighted by atomic mass is 10.1. The average molecular weight is 217 g/mol. The van der Waals surface area contributed by atoms with Crippen LogP contribution in [-0.4, -0.2) is 24.0 Å². The first-order chi connectivity index (χ1) is 6.31. The van der Waals surface area contributed by atoms with E-state index >= 15 is 0 Å². The topological polar surface area (TPSA) is 78.0 Å². The van der Waals surface area contributed by atoms with E-state index in [4.69, 9.17) is 5.14 Å². The predicted octanol–water partition coefficient (Wildman–Crippen LogP) is -0.132. The molecule has 0 saturated heterocycles. The SMILES string of the molecule is Cc1nn(C)c(C)c1CCS(N)(=O)=O. The van der Waals surface area contributed by atoms with Crippen molar-refractivity contribution in [1.82, 2.24) is 9.78 Å². The number of rotatable bonds is 3. The van der Waals surface area contributed by atoms with Gasteiger partial charge in [0.2, 0.25) is 10.0 Å². The summed E-state index contributed by atoms with van der Waals surface area (Å²) in [6.07, 6.45) is 0.435. The number of aromatic nitrogens is 2. The van der Waals surface area contributed by atoms with E-state index in [0.717, 1.165) is 17.0 Å². The normalized spacial score (nSPS) is 12.0. The molecule has 1 rings (SSSR count). The molecule has 5 nitrogen and oxygen atoms in total. The molecule has 0 spiro atoms. The fourth-order valence-electron chi connectivity index (χ4n) is 1.42. The van der Waals surface area contributed by atoms with E-state index in [2.05, 4.69) is 5.10 Å². The Labute approximate surface area is 84.0 Å². The van der Waals surface area contributed by atoms with E-state index in [1.165, 1.54) is 0 Å². The summed E-state index contributed by atoms with van der Waals surface area (Å²) in [6.45, 7) is 3.78. The fraction of sp³-hybridized carbons (Fsp3) is 0.625. The average Bonchev–Trinajstić information content (AvgIpc) is 2.23. The summed E-state index contributed by atoms with van der Waals surface area (Å²) in [5.74, 6) is -0.0274. The third-order valence-corrected chi connectivity index (χ3v) is 3.07. The van der Waals surface area contributed by atoms with E-state index in [0.29, 0.717) is 6.42 Å². The van der Waals surface area contributed by atoms with Crippen molar-refractivity contribution < 1.29 is 8.42 Å². The number of nitrogens with two attached hydrogens (primary N) is 1. The first kappa shape index (κ1) is 11.2. The molecule has 0 saturated carbocycles. The van der Waals surface area contributed by atoms with Gasteiger partial charge < -0.3 is 0 Å². The van der Waals surface area contributed by atoms with E-state index in [9.17, 15) is 8.42 Å². The first-order valence-corrected chi connectivity index (χ1v) is 6.02. The number of sulfonamides is 1. The van der Waals surface area contributed by atoms with Crippen molar-refractivity contribution in [2.24, 2.45) is 12.2 Å². The van der Waals surface area contributed by atoms with Crippen LogP contribution in [0.3, 0.4) is 0 Å². The number of aryl methyl sites for hydroxylation is 2. The minimum atomic E-state index is -3.38. The Bertz CT molecular complexity index is 434. The molecule has 6 heteroatoms. The van der Waals surface area contributed by atoms with Gasteiger partial charge in [-0.15, -0.1) is 0 Å². The standard InChI is InChI=1S/C8H15N3O2S/c1-6-8(4-5-14(9,12)13)7(2)11(3)10-6/h4-5H2,1-3H3,(H2,9,12,13). The first-order valence-electron chi connectivity index (χ1n) is 4.31. The molecular formula is C8H15N3O2S. The Kier molecular flexibility index (Phi) is 2.96. The lowest BCUT2D eigenvalue weighted by Gasteiger charge is -2.00. The Morgan fingerprint density at radius 2 is 2.00 bits per heavy atom. The van der Waals surface area contributed by atoms with Crippen molar-refractivity contribution in [2.45, 2.75) is 20.3 Å². The molecule has 1 aromatic rings. The molecule has 0 bridgehead atoms. The zero-order valence-corrected chi connectivity index (χ0v) is 9.43. The van der Waals surface area contributed by atoms with Gasteiger partial charge >= 0.3 is 0 Å². The van der Waals surface area contributed by atoms with Gasteiger partial charge in [0, 0.05) is 12.7 Å². The smallest absolute Gasteiger partial charge is 0.209 e. The van der Waals surface area contributed by atoms with E-state index in [1.54, 1.807) is 4.68 Å². The van der Waals surface area contributed by atoms with Crippen LogP contribution in [0.15, 0.2) is 0 Å². The lowest BCUT2D eigenvalue weighted by Crippen LogP contribution is -2.18. The summed E-state index contributed by atoms with van der Waals surface area (Å²) >= 11 is 0. The lowest BCUT2D eigenvalue weighted by molar-refractivity contribution is 0.597. The fourth-order valence-corrected chi connectivity index (χ4v) is 1.91. The van der Waals surface area contributed by atoms with Crippen LogP contribution in [0.25, 0.3) is 0 Å². The Morgan fingerprint density at radius 3 is 2.36 bits per heavy atom. The Balaban J connectivity index is 2.87. The van der Waals surface area contributed by atoms with E-state index in [1.807, 2.05) is 20.9 Å². The highest BCUT2D eigenvalue weighted by molar-refractivity contribution is 7.89. The highest BCUT2D eigenvalue weighted by atomic mass is 32.2. The maximum absolute atomic E-state index is 10.8. The maximum atomic E-state index is 10.8. The molecule has 2 N–H and O–H groups in total. The van der Waals surface area contributed by atoms with Gasteiger partial charge in [0.25, 0.3) is 0 Å². The molecule has 0 aliphatic rings. The minimum Gasteiger partial charge on any atom is -0.272 e. The van der Waals surface area contributed by atoms with Crippen LogP contribution in [0.5, 0.6) is 0 Å². The van der Waals surface area contributed by atoms with Gasteiger partial charge in [-0.05, 0) is 25.8 Å². The van der Waals surface area contributed by atoms with Gasteiger partial charge in [0.05, 0.1) is 11.4 Å². The van der Waals surface area contributed by atoms with Crippen LogP contribution in [0, 0.1) is 13.8 Å². The maximum Gasteiger partial charge on any atom is 0.209 e. The van der Waals surface area contributed by atoms with Crippen molar-refractivity contribution in [3.63, 3.8) is 0 Å². The van der Waals surface area contributed by atoms with Crippen molar-refractivity contribution in [1.29, 1.82) is 0 Å². The van der Waals surface area contributed by atoms with Gasteiger partial charge in [0.1, 0.15) is 0 Å². The highest BCUT2D eigenvalue weighted by Crippen LogP contribution is 2.12. The summed E-state index contributed by atoms with van der Waals surface area (Å²) in [4.78, 5) is 0. The monoisotopic (exact) mass is 217 g/mol. The zero-order chi connectivity index (χ0) is 10.9. The summed E-state index contributed by atoms with van der Waals surface area (Å²) in [6, 6.07) is 0. The zero-order valence-electron chi connectivity index (χ0n) is 8.61. The molecule has 14 heavy (non-hydrogen) atoms. The second kappa shape index (κ2) is 3.70. The summed E-state index contributed by atoms with van der Waals surface area (Å²) in [5.41, 5.74) is 2.83.